The average Bonchev–Trinajstić information content (AvgIpc) is 3.13. The van der Waals surface area contributed by atoms with Gasteiger partial charge in [-0.05, 0) is 44.0 Å². The number of hydrogen-bond donors (Lipinski definition) is 1. The van der Waals surface area contributed by atoms with Crippen LogP contribution in [0.15, 0.2) is 54.9 Å². The van der Waals surface area contributed by atoms with Gasteiger partial charge >= 0.3 is 0 Å². The van der Waals surface area contributed by atoms with E-state index in [-0.39, 0.29) is 11.9 Å². The number of benzene rings is 1. The molecule has 0 unspecified atom stereocenters. The minimum atomic E-state index is -0.271. The second kappa shape index (κ2) is 8.22. The van der Waals surface area contributed by atoms with Crippen LogP contribution in [0.1, 0.15) is 34.9 Å². The SMILES string of the molecule is Cc1cn(C2CCOCC2)nc1C(=O)Nc1ccc(Oc2ccccc2)cn1. The molecule has 0 atom stereocenters. The van der Waals surface area contributed by atoms with Gasteiger partial charge in [0, 0.05) is 25.0 Å². The van der Waals surface area contributed by atoms with Crippen LogP contribution in [0.3, 0.4) is 0 Å². The Bertz CT molecular complexity index is 932. The van der Waals surface area contributed by atoms with Crippen LogP contribution >= 0.6 is 0 Å². The van der Waals surface area contributed by atoms with Crippen molar-refractivity contribution in [3.05, 3.63) is 66.1 Å². The molecule has 0 radical (unpaired) electrons. The van der Waals surface area contributed by atoms with Crippen molar-refractivity contribution in [1.82, 2.24) is 14.8 Å². The number of anilines is 1. The molecule has 1 saturated heterocycles. The molecule has 3 aromatic rings. The summed E-state index contributed by atoms with van der Waals surface area (Å²) in [5, 5.41) is 7.30. The Morgan fingerprint density at radius 3 is 2.64 bits per heavy atom. The highest BCUT2D eigenvalue weighted by Gasteiger charge is 2.21. The number of aryl methyl sites for hydroxylation is 1. The van der Waals surface area contributed by atoms with Crippen LogP contribution in [-0.4, -0.2) is 33.9 Å². The van der Waals surface area contributed by atoms with Gasteiger partial charge in [0.15, 0.2) is 5.69 Å². The van der Waals surface area contributed by atoms with Gasteiger partial charge in [-0.1, -0.05) is 18.2 Å². The number of rotatable bonds is 5. The van der Waals surface area contributed by atoms with E-state index in [0.717, 1.165) is 37.4 Å². The predicted molar refractivity (Wildman–Crippen MR) is 105 cm³/mol. The summed E-state index contributed by atoms with van der Waals surface area (Å²) in [4.78, 5) is 16.9. The van der Waals surface area contributed by atoms with Gasteiger partial charge in [-0.3, -0.25) is 9.48 Å². The zero-order valence-corrected chi connectivity index (χ0v) is 15.7. The Balaban J connectivity index is 1.41. The van der Waals surface area contributed by atoms with E-state index in [1.807, 2.05) is 48.1 Å². The first-order valence-corrected chi connectivity index (χ1v) is 9.33. The quantitative estimate of drug-likeness (QED) is 0.726. The topological polar surface area (TPSA) is 78.3 Å². The first kappa shape index (κ1) is 18.2. The lowest BCUT2D eigenvalue weighted by Crippen LogP contribution is -2.21. The molecule has 1 aromatic carbocycles. The van der Waals surface area contributed by atoms with Gasteiger partial charge in [-0.2, -0.15) is 5.10 Å². The van der Waals surface area contributed by atoms with Crippen LogP contribution in [0, 0.1) is 6.92 Å². The summed E-state index contributed by atoms with van der Waals surface area (Å²) in [5.74, 6) is 1.51. The van der Waals surface area contributed by atoms with E-state index in [0.29, 0.717) is 17.3 Å². The number of carbonyl (C=O) groups excluding carboxylic acids is 1. The fourth-order valence-corrected chi connectivity index (χ4v) is 3.16. The van der Waals surface area contributed by atoms with Gasteiger partial charge in [-0.15, -0.1) is 0 Å². The van der Waals surface area contributed by atoms with E-state index >= 15 is 0 Å². The molecule has 1 fully saturated rings. The Morgan fingerprint density at radius 2 is 1.93 bits per heavy atom. The first-order chi connectivity index (χ1) is 13.7. The molecule has 1 amide bonds. The van der Waals surface area contributed by atoms with Crippen molar-refractivity contribution in [2.24, 2.45) is 0 Å². The van der Waals surface area contributed by atoms with Gasteiger partial charge < -0.3 is 14.8 Å². The molecule has 7 nitrogen and oxygen atoms in total. The summed E-state index contributed by atoms with van der Waals surface area (Å²) in [7, 11) is 0. The van der Waals surface area contributed by atoms with Crippen LogP contribution in [0.25, 0.3) is 0 Å². The van der Waals surface area contributed by atoms with Gasteiger partial charge in [-0.25, -0.2) is 4.98 Å². The van der Waals surface area contributed by atoms with Gasteiger partial charge in [0.25, 0.3) is 5.91 Å². The highest BCUT2D eigenvalue weighted by molar-refractivity contribution is 6.03. The molecule has 1 aliphatic heterocycles. The number of pyridine rings is 1. The molecule has 28 heavy (non-hydrogen) atoms. The summed E-state index contributed by atoms with van der Waals surface area (Å²) < 4.78 is 13.0. The molecule has 1 aliphatic rings. The molecule has 7 heteroatoms. The second-order valence-electron chi connectivity index (χ2n) is 6.73. The van der Waals surface area contributed by atoms with E-state index < -0.39 is 0 Å². The van der Waals surface area contributed by atoms with Crippen molar-refractivity contribution >= 4 is 11.7 Å². The Morgan fingerprint density at radius 1 is 1.14 bits per heavy atom. The maximum absolute atomic E-state index is 12.6. The molecule has 0 bridgehead atoms. The Labute approximate surface area is 163 Å². The molecule has 0 saturated carbocycles. The van der Waals surface area contributed by atoms with Crippen molar-refractivity contribution in [3.8, 4) is 11.5 Å². The number of nitrogens with one attached hydrogen (secondary N) is 1. The van der Waals surface area contributed by atoms with Crippen molar-refractivity contribution < 1.29 is 14.3 Å². The van der Waals surface area contributed by atoms with E-state index in [1.165, 1.54) is 0 Å². The van der Waals surface area contributed by atoms with E-state index in [2.05, 4.69) is 15.4 Å². The third-order valence-electron chi connectivity index (χ3n) is 4.65. The summed E-state index contributed by atoms with van der Waals surface area (Å²) in [5.41, 5.74) is 1.26. The molecule has 1 N–H and O–H groups in total. The standard InChI is InChI=1S/C21H22N4O3/c1-15-14-25(16-9-11-27-12-10-16)24-20(15)21(26)23-19-8-7-18(13-22-19)28-17-5-3-2-4-6-17/h2-8,13-14,16H,9-12H2,1H3,(H,22,23,26). The van der Waals surface area contributed by atoms with Crippen molar-refractivity contribution in [3.63, 3.8) is 0 Å². The van der Waals surface area contributed by atoms with Crippen LogP contribution in [0.2, 0.25) is 0 Å². The minimum absolute atomic E-state index is 0.271. The van der Waals surface area contributed by atoms with E-state index in [9.17, 15) is 4.79 Å². The molecule has 0 spiro atoms. The highest BCUT2D eigenvalue weighted by atomic mass is 16.5. The number of amides is 1. The lowest BCUT2D eigenvalue weighted by Gasteiger charge is -2.22. The fourth-order valence-electron chi connectivity index (χ4n) is 3.16. The van der Waals surface area contributed by atoms with Crippen LogP contribution in [-0.2, 0) is 4.74 Å². The summed E-state index contributed by atoms with van der Waals surface area (Å²) in [6.45, 7) is 3.35. The minimum Gasteiger partial charge on any atom is -0.456 e. The van der Waals surface area contributed by atoms with Crippen molar-refractivity contribution in [2.45, 2.75) is 25.8 Å². The van der Waals surface area contributed by atoms with E-state index in [1.54, 1.807) is 18.3 Å². The average molecular weight is 378 g/mol. The second-order valence-corrected chi connectivity index (χ2v) is 6.73. The molecular formula is C21H22N4O3. The number of aromatic nitrogens is 3. The molecular weight excluding hydrogens is 356 g/mol. The lowest BCUT2D eigenvalue weighted by molar-refractivity contribution is 0.0661. The van der Waals surface area contributed by atoms with Gasteiger partial charge in [0.1, 0.15) is 17.3 Å². The van der Waals surface area contributed by atoms with Crippen molar-refractivity contribution in [1.29, 1.82) is 0 Å². The highest BCUT2D eigenvalue weighted by Crippen LogP contribution is 2.23. The number of ether oxygens (including phenoxy) is 2. The maximum atomic E-state index is 12.6. The Hall–Kier alpha value is -3.19. The van der Waals surface area contributed by atoms with Gasteiger partial charge in [0.2, 0.25) is 0 Å². The number of para-hydroxylation sites is 1. The molecule has 2 aromatic heterocycles. The van der Waals surface area contributed by atoms with Crippen LogP contribution < -0.4 is 10.1 Å². The van der Waals surface area contributed by atoms with E-state index in [4.69, 9.17) is 9.47 Å². The monoisotopic (exact) mass is 378 g/mol. The van der Waals surface area contributed by atoms with Gasteiger partial charge in [0.05, 0.1) is 12.2 Å². The third-order valence-corrected chi connectivity index (χ3v) is 4.65. The molecule has 144 valence electrons. The van der Waals surface area contributed by atoms with Crippen LogP contribution in [0.4, 0.5) is 5.82 Å². The molecule has 4 rings (SSSR count). The zero-order chi connectivity index (χ0) is 19.3. The molecule has 0 aliphatic carbocycles. The lowest BCUT2D eigenvalue weighted by atomic mass is 10.1. The van der Waals surface area contributed by atoms with Crippen molar-refractivity contribution in [2.75, 3.05) is 18.5 Å². The normalized spacial score (nSPS) is 14.6. The maximum Gasteiger partial charge on any atom is 0.277 e. The molecule has 3 heterocycles. The first-order valence-electron chi connectivity index (χ1n) is 9.33. The number of hydrogen-bond acceptors (Lipinski definition) is 5. The third kappa shape index (κ3) is 4.20. The Kier molecular flexibility index (Phi) is 5.34. The summed E-state index contributed by atoms with van der Waals surface area (Å²) in [6.07, 6.45) is 5.32. The number of carbonyl (C=O) groups is 1. The summed E-state index contributed by atoms with van der Waals surface area (Å²) >= 11 is 0. The number of nitrogens with zero attached hydrogens (tertiary/aromatic N) is 3. The summed E-state index contributed by atoms with van der Waals surface area (Å²) in [6, 6.07) is 13.2. The predicted octanol–water partition coefficient (Wildman–Crippen LogP) is 3.98. The van der Waals surface area contributed by atoms with Crippen LogP contribution in [0.5, 0.6) is 11.5 Å². The smallest absolute Gasteiger partial charge is 0.277 e. The fraction of sp³-hybridized carbons (Fsp3) is 0.286. The zero-order valence-electron chi connectivity index (χ0n) is 15.7. The largest absolute Gasteiger partial charge is 0.456 e.